The van der Waals surface area contributed by atoms with E-state index in [-0.39, 0.29) is 12.6 Å². The quantitative estimate of drug-likeness (QED) is 0.243. The zero-order valence-electron chi connectivity index (χ0n) is 21.0. The molecule has 1 unspecified atom stereocenters. The van der Waals surface area contributed by atoms with Crippen molar-refractivity contribution in [1.82, 2.24) is 10.2 Å². The maximum absolute atomic E-state index is 12.0. The molecular weight excluding hydrogens is 495 g/mol. The number of amides is 1. The Hall–Kier alpha value is -2.67. The topological polar surface area (TPSA) is 66.3 Å². The Bertz CT molecular complexity index is 1120. The van der Waals surface area contributed by atoms with E-state index in [0.717, 1.165) is 60.4 Å². The van der Waals surface area contributed by atoms with Gasteiger partial charge in [-0.2, -0.15) is 0 Å². The monoisotopic (exact) mass is 528 g/mol. The van der Waals surface area contributed by atoms with Crippen molar-refractivity contribution in [3.8, 4) is 0 Å². The van der Waals surface area contributed by atoms with Crippen molar-refractivity contribution < 1.29 is 9.53 Å². The van der Waals surface area contributed by atoms with Crippen LogP contribution in [-0.2, 0) is 4.74 Å². The van der Waals surface area contributed by atoms with Crippen LogP contribution in [-0.4, -0.2) is 56.8 Å². The van der Waals surface area contributed by atoms with Gasteiger partial charge in [0.05, 0.1) is 22.3 Å². The van der Waals surface area contributed by atoms with Gasteiger partial charge >= 0.3 is 6.09 Å². The maximum atomic E-state index is 12.0. The molecule has 1 N–H and O–H groups in total. The molecule has 0 saturated heterocycles. The second-order valence-corrected chi connectivity index (χ2v) is 9.43. The first kappa shape index (κ1) is 27.9. The molecule has 1 aliphatic rings. The minimum atomic E-state index is -0.468. The van der Waals surface area contributed by atoms with E-state index >= 15 is 0 Å². The highest BCUT2D eigenvalue weighted by Gasteiger charge is 2.27. The van der Waals surface area contributed by atoms with Crippen molar-refractivity contribution >= 4 is 47.9 Å². The Kier molecular flexibility index (Phi) is 11.0. The summed E-state index contributed by atoms with van der Waals surface area (Å²) >= 11 is 12.5. The molecule has 2 aromatic carbocycles. The van der Waals surface area contributed by atoms with Crippen LogP contribution in [0.2, 0.25) is 10.0 Å². The summed E-state index contributed by atoms with van der Waals surface area (Å²) in [5, 5.41) is 3.73. The van der Waals surface area contributed by atoms with Gasteiger partial charge < -0.3 is 15.0 Å². The van der Waals surface area contributed by atoms with E-state index in [1.54, 1.807) is 6.21 Å². The van der Waals surface area contributed by atoms with E-state index in [0.29, 0.717) is 23.1 Å². The number of benzene rings is 2. The van der Waals surface area contributed by atoms with Crippen LogP contribution in [0.5, 0.6) is 0 Å². The van der Waals surface area contributed by atoms with E-state index in [1.165, 1.54) is 0 Å². The van der Waals surface area contributed by atoms with Crippen molar-refractivity contribution in [2.45, 2.75) is 39.0 Å². The van der Waals surface area contributed by atoms with Gasteiger partial charge in [0.25, 0.3) is 0 Å². The molecule has 0 radical (unpaired) electrons. The number of nitrogens with one attached hydrogen (secondary N) is 1. The number of rotatable bonds is 12. The average molecular weight is 530 g/mol. The molecule has 0 saturated carbocycles. The molecule has 0 fully saturated rings. The number of fused-ring (bicyclic) bond motifs is 1. The van der Waals surface area contributed by atoms with Gasteiger partial charge in [0.15, 0.2) is 0 Å². The van der Waals surface area contributed by atoms with Crippen molar-refractivity contribution in [1.29, 1.82) is 0 Å². The average Bonchev–Trinajstić information content (AvgIpc) is 2.89. The predicted molar refractivity (Wildman–Crippen MR) is 151 cm³/mol. The van der Waals surface area contributed by atoms with Gasteiger partial charge in [0, 0.05) is 24.2 Å². The zero-order chi connectivity index (χ0) is 25.9. The summed E-state index contributed by atoms with van der Waals surface area (Å²) in [7, 11) is 0. The number of alkyl carbamates (subject to hydrolysis) is 1. The Morgan fingerprint density at radius 1 is 1.19 bits per heavy atom. The molecular formula is C28H34Cl2N4O2. The number of halogens is 2. The number of ether oxygens (including phenoxy) is 1. The van der Waals surface area contributed by atoms with Gasteiger partial charge in [-0.15, -0.1) is 0 Å². The summed E-state index contributed by atoms with van der Waals surface area (Å²) < 4.78 is 5.28. The molecule has 3 rings (SSSR count). The van der Waals surface area contributed by atoms with E-state index in [9.17, 15) is 4.79 Å². The molecule has 36 heavy (non-hydrogen) atoms. The van der Waals surface area contributed by atoms with Crippen LogP contribution in [0.25, 0.3) is 5.70 Å². The molecule has 0 heterocycles. The van der Waals surface area contributed by atoms with Crippen LogP contribution < -0.4 is 5.32 Å². The Labute approximate surface area is 224 Å². The third-order valence-electron chi connectivity index (χ3n) is 6.22. The highest BCUT2D eigenvalue weighted by Crippen LogP contribution is 2.43. The van der Waals surface area contributed by atoms with Crippen LogP contribution >= 0.6 is 23.2 Å². The lowest BCUT2D eigenvalue weighted by Gasteiger charge is -2.27. The first-order chi connectivity index (χ1) is 17.5. The van der Waals surface area contributed by atoms with Crippen molar-refractivity contribution in [2.24, 2.45) is 9.98 Å². The normalized spacial score (nSPS) is 15.3. The van der Waals surface area contributed by atoms with Crippen LogP contribution in [0.3, 0.4) is 0 Å². The van der Waals surface area contributed by atoms with Crippen molar-refractivity contribution in [2.75, 3.05) is 32.9 Å². The molecule has 0 bridgehead atoms. The van der Waals surface area contributed by atoms with Crippen molar-refractivity contribution in [3.05, 3.63) is 74.8 Å². The molecule has 8 heteroatoms. The van der Waals surface area contributed by atoms with Gasteiger partial charge in [0.2, 0.25) is 0 Å². The Morgan fingerprint density at radius 3 is 2.72 bits per heavy atom. The molecule has 0 aliphatic heterocycles. The zero-order valence-corrected chi connectivity index (χ0v) is 22.5. The standard InChI is InChI=1S/C28H34Cl2N4O2/c1-4-13-34(5-2)14-8-15-36-28(35)33-19-32-18-21-16-24(20-11-12-25(29)26(30)17-20)22-9-6-7-10-23(22)27(21)31-3/h6-7,9-12,17-18,24H,3-5,8,13-16,19H2,1-2H3,(H,33,35)/b32-18-. The fourth-order valence-corrected chi connectivity index (χ4v) is 4.76. The number of aliphatic imine (C=N–C) groups is 2. The summed E-state index contributed by atoms with van der Waals surface area (Å²) in [5.74, 6) is 0.0660. The number of allylic oxidation sites excluding steroid dienone is 1. The highest BCUT2D eigenvalue weighted by atomic mass is 35.5. The third kappa shape index (κ3) is 7.42. The molecule has 2 aromatic rings. The lowest BCUT2D eigenvalue weighted by Crippen LogP contribution is -2.28. The van der Waals surface area contributed by atoms with E-state index in [2.05, 4.69) is 46.8 Å². The first-order valence-corrected chi connectivity index (χ1v) is 13.1. The maximum Gasteiger partial charge on any atom is 0.408 e. The molecule has 0 aromatic heterocycles. The highest BCUT2D eigenvalue weighted by molar-refractivity contribution is 6.42. The van der Waals surface area contributed by atoms with Crippen LogP contribution in [0.4, 0.5) is 4.79 Å². The fourth-order valence-electron chi connectivity index (χ4n) is 4.46. The molecule has 1 aliphatic carbocycles. The fraction of sp³-hybridized carbons (Fsp3) is 0.393. The number of carbonyl (C=O) groups excluding carboxylic acids is 1. The minimum Gasteiger partial charge on any atom is -0.449 e. The largest absolute Gasteiger partial charge is 0.449 e. The molecule has 1 atom stereocenters. The molecule has 0 spiro atoms. The van der Waals surface area contributed by atoms with Crippen LogP contribution in [0.1, 0.15) is 55.7 Å². The van der Waals surface area contributed by atoms with Crippen molar-refractivity contribution in [3.63, 3.8) is 0 Å². The SMILES string of the molecule is C=NC1=C(/C=N\CNC(=O)OCCCN(CC)CCC)CC(c2ccc(Cl)c(Cl)c2)c2ccccc21. The predicted octanol–water partition coefficient (Wildman–Crippen LogP) is 6.82. The van der Waals surface area contributed by atoms with E-state index in [1.807, 2.05) is 36.4 Å². The Morgan fingerprint density at radius 2 is 2.00 bits per heavy atom. The van der Waals surface area contributed by atoms with E-state index < -0.39 is 6.09 Å². The van der Waals surface area contributed by atoms with Gasteiger partial charge in [-0.3, -0.25) is 9.98 Å². The van der Waals surface area contributed by atoms with Crippen LogP contribution in [0, 0.1) is 0 Å². The number of hydrogen-bond donors (Lipinski definition) is 1. The third-order valence-corrected chi connectivity index (χ3v) is 6.96. The molecule has 192 valence electrons. The van der Waals surface area contributed by atoms with Gasteiger partial charge in [-0.05, 0) is 67.9 Å². The summed E-state index contributed by atoms with van der Waals surface area (Å²) in [4.78, 5) is 23.1. The lowest BCUT2D eigenvalue weighted by atomic mass is 9.78. The van der Waals surface area contributed by atoms with Gasteiger partial charge in [-0.1, -0.05) is 67.4 Å². The summed E-state index contributed by atoms with van der Waals surface area (Å²) in [6.07, 6.45) is 3.88. The van der Waals surface area contributed by atoms with Gasteiger partial charge in [-0.25, -0.2) is 4.79 Å². The first-order valence-electron chi connectivity index (χ1n) is 12.3. The number of carbonyl (C=O) groups is 1. The second-order valence-electron chi connectivity index (χ2n) is 8.62. The second kappa shape index (κ2) is 14.2. The van der Waals surface area contributed by atoms with Crippen LogP contribution in [0.15, 0.2) is 58.0 Å². The minimum absolute atomic E-state index is 0.0660. The molecule has 1 amide bonds. The van der Waals surface area contributed by atoms with Gasteiger partial charge in [0.1, 0.15) is 6.67 Å². The Balaban J connectivity index is 1.62. The summed E-state index contributed by atoms with van der Waals surface area (Å²) in [5.41, 5.74) is 4.95. The summed E-state index contributed by atoms with van der Waals surface area (Å²) in [6, 6.07) is 13.9. The summed E-state index contributed by atoms with van der Waals surface area (Å²) in [6.45, 7) is 11.6. The lowest BCUT2D eigenvalue weighted by molar-refractivity contribution is 0.139. The molecule has 6 nitrogen and oxygen atoms in total. The number of hydrogen-bond acceptors (Lipinski definition) is 5. The smallest absolute Gasteiger partial charge is 0.408 e. The van der Waals surface area contributed by atoms with E-state index in [4.69, 9.17) is 27.9 Å². The number of nitrogens with zero attached hydrogens (tertiary/aromatic N) is 3.